The maximum absolute atomic E-state index is 12.7. The van der Waals surface area contributed by atoms with Gasteiger partial charge in [0.05, 0.1) is 23.1 Å². The number of aromatic nitrogens is 3. The molecule has 2 aromatic heterocycles. The van der Waals surface area contributed by atoms with E-state index in [0.29, 0.717) is 12.1 Å². The summed E-state index contributed by atoms with van der Waals surface area (Å²) in [6.45, 7) is 0.351. The molecule has 136 valence electrons. The van der Waals surface area contributed by atoms with Crippen molar-refractivity contribution in [2.24, 2.45) is 0 Å². The first-order valence-electron chi connectivity index (χ1n) is 9.16. The van der Waals surface area contributed by atoms with Gasteiger partial charge in [-0.15, -0.1) is 0 Å². The molecule has 0 bridgehead atoms. The van der Waals surface area contributed by atoms with Gasteiger partial charge >= 0.3 is 0 Å². The molecule has 2 heterocycles. The van der Waals surface area contributed by atoms with Crippen LogP contribution in [-0.4, -0.2) is 20.4 Å². The Kier molecular flexibility index (Phi) is 3.91. The number of para-hydroxylation sites is 3. The highest BCUT2D eigenvalue weighted by Gasteiger charge is 2.10. The minimum atomic E-state index is -0.126. The van der Waals surface area contributed by atoms with Crippen LogP contribution in [0.5, 0.6) is 0 Å². The molecule has 5 rings (SSSR count). The van der Waals surface area contributed by atoms with Gasteiger partial charge in [0.15, 0.2) is 0 Å². The molecule has 1 amide bonds. The Bertz CT molecular complexity index is 1270. The van der Waals surface area contributed by atoms with E-state index in [1.54, 1.807) is 0 Å². The molecule has 5 nitrogen and oxygen atoms in total. The van der Waals surface area contributed by atoms with Crippen LogP contribution in [0.4, 0.5) is 0 Å². The van der Waals surface area contributed by atoms with Crippen LogP contribution >= 0.6 is 0 Å². The molecule has 0 aliphatic carbocycles. The number of aromatic amines is 1. The van der Waals surface area contributed by atoms with Crippen molar-refractivity contribution in [2.45, 2.75) is 6.54 Å². The SMILES string of the molecule is O=C(NCc1nc2ccccc2[nH]1)c1cccc(-n2ccc3ccccc32)c1. The van der Waals surface area contributed by atoms with Gasteiger partial charge in [-0.3, -0.25) is 4.79 Å². The molecule has 0 radical (unpaired) electrons. The van der Waals surface area contributed by atoms with Gasteiger partial charge in [0.1, 0.15) is 5.82 Å². The largest absolute Gasteiger partial charge is 0.345 e. The number of nitrogens with one attached hydrogen (secondary N) is 2. The summed E-state index contributed by atoms with van der Waals surface area (Å²) < 4.78 is 2.09. The summed E-state index contributed by atoms with van der Waals surface area (Å²) in [6.07, 6.45) is 2.02. The molecule has 0 unspecified atom stereocenters. The number of carbonyl (C=O) groups excluding carboxylic acids is 1. The molecule has 0 spiro atoms. The molecule has 0 saturated carbocycles. The summed E-state index contributed by atoms with van der Waals surface area (Å²) in [5.74, 6) is 0.612. The molecule has 5 aromatic rings. The van der Waals surface area contributed by atoms with Crippen molar-refractivity contribution >= 4 is 27.8 Å². The third kappa shape index (κ3) is 2.93. The van der Waals surface area contributed by atoms with Gasteiger partial charge < -0.3 is 14.9 Å². The predicted molar refractivity (Wildman–Crippen MR) is 111 cm³/mol. The zero-order valence-electron chi connectivity index (χ0n) is 15.1. The number of carbonyl (C=O) groups is 1. The predicted octanol–water partition coefficient (Wildman–Crippen LogP) is 4.44. The molecule has 28 heavy (non-hydrogen) atoms. The second kappa shape index (κ2) is 6.70. The zero-order chi connectivity index (χ0) is 18.9. The Balaban J connectivity index is 1.37. The Labute approximate surface area is 161 Å². The van der Waals surface area contributed by atoms with E-state index in [1.165, 1.54) is 5.39 Å². The van der Waals surface area contributed by atoms with E-state index in [2.05, 4.69) is 38.1 Å². The summed E-state index contributed by atoms with van der Waals surface area (Å²) in [5, 5.41) is 4.11. The van der Waals surface area contributed by atoms with Crippen molar-refractivity contribution in [3.63, 3.8) is 0 Å². The van der Waals surface area contributed by atoms with Crippen molar-refractivity contribution in [1.29, 1.82) is 0 Å². The van der Waals surface area contributed by atoms with Gasteiger partial charge in [0.25, 0.3) is 5.91 Å². The number of hydrogen-bond acceptors (Lipinski definition) is 2. The van der Waals surface area contributed by atoms with Gasteiger partial charge in [-0.1, -0.05) is 36.4 Å². The number of amides is 1. The number of nitrogens with zero attached hydrogens (tertiary/aromatic N) is 2. The van der Waals surface area contributed by atoms with Crippen LogP contribution in [-0.2, 0) is 6.54 Å². The minimum absolute atomic E-state index is 0.126. The fourth-order valence-electron chi connectivity index (χ4n) is 3.46. The summed E-state index contributed by atoms with van der Waals surface area (Å²) in [5.41, 5.74) is 4.55. The lowest BCUT2D eigenvalue weighted by molar-refractivity contribution is 0.0950. The Morgan fingerprint density at radius 3 is 2.75 bits per heavy atom. The molecular weight excluding hydrogens is 348 g/mol. The van der Waals surface area contributed by atoms with Gasteiger partial charge in [-0.25, -0.2) is 4.98 Å². The van der Waals surface area contributed by atoms with E-state index >= 15 is 0 Å². The zero-order valence-corrected chi connectivity index (χ0v) is 15.1. The Hall–Kier alpha value is -3.86. The van der Waals surface area contributed by atoms with E-state index in [-0.39, 0.29) is 5.91 Å². The molecule has 0 saturated heterocycles. The number of H-pyrrole nitrogens is 1. The van der Waals surface area contributed by atoms with E-state index in [9.17, 15) is 4.79 Å². The molecule has 0 aliphatic rings. The van der Waals surface area contributed by atoms with Crippen molar-refractivity contribution < 1.29 is 4.79 Å². The first-order valence-corrected chi connectivity index (χ1v) is 9.16. The smallest absolute Gasteiger partial charge is 0.251 e. The van der Waals surface area contributed by atoms with E-state index in [4.69, 9.17) is 0 Å². The van der Waals surface area contributed by atoms with Crippen molar-refractivity contribution in [3.05, 3.63) is 96.4 Å². The van der Waals surface area contributed by atoms with E-state index < -0.39 is 0 Å². The van der Waals surface area contributed by atoms with Crippen molar-refractivity contribution in [1.82, 2.24) is 19.9 Å². The van der Waals surface area contributed by atoms with E-state index in [0.717, 1.165) is 28.1 Å². The quantitative estimate of drug-likeness (QED) is 0.494. The molecule has 5 heteroatoms. The van der Waals surface area contributed by atoms with Crippen LogP contribution in [0.25, 0.3) is 27.6 Å². The van der Waals surface area contributed by atoms with Crippen LogP contribution < -0.4 is 5.32 Å². The maximum atomic E-state index is 12.7. The lowest BCUT2D eigenvalue weighted by Gasteiger charge is -2.08. The third-order valence-corrected chi connectivity index (χ3v) is 4.84. The average molecular weight is 366 g/mol. The fourth-order valence-corrected chi connectivity index (χ4v) is 3.46. The number of rotatable bonds is 4. The second-order valence-electron chi connectivity index (χ2n) is 6.68. The van der Waals surface area contributed by atoms with Crippen molar-refractivity contribution in [3.8, 4) is 5.69 Å². The lowest BCUT2D eigenvalue weighted by Crippen LogP contribution is -2.23. The lowest BCUT2D eigenvalue weighted by atomic mass is 10.2. The van der Waals surface area contributed by atoms with Crippen molar-refractivity contribution in [2.75, 3.05) is 0 Å². The van der Waals surface area contributed by atoms with Crippen LogP contribution in [0.15, 0.2) is 85.1 Å². The van der Waals surface area contributed by atoms with Gasteiger partial charge in [-0.05, 0) is 47.9 Å². The van der Waals surface area contributed by atoms with E-state index in [1.807, 2.05) is 66.9 Å². The molecular formula is C23H18N4O. The molecule has 2 N–H and O–H groups in total. The van der Waals surface area contributed by atoms with Crippen LogP contribution in [0, 0.1) is 0 Å². The normalized spacial score (nSPS) is 11.1. The van der Waals surface area contributed by atoms with Gasteiger partial charge in [0.2, 0.25) is 0 Å². The van der Waals surface area contributed by atoms with Crippen LogP contribution in [0.3, 0.4) is 0 Å². The van der Waals surface area contributed by atoms with Gasteiger partial charge in [-0.2, -0.15) is 0 Å². The highest BCUT2D eigenvalue weighted by atomic mass is 16.1. The molecule has 3 aromatic carbocycles. The number of hydrogen-bond donors (Lipinski definition) is 2. The first kappa shape index (κ1) is 16.3. The topological polar surface area (TPSA) is 62.7 Å². The summed E-state index contributed by atoms with van der Waals surface area (Å²) in [7, 11) is 0. The summed E-state index contributed by atoms with van der Waals surface area (Å²) in [6, 6.07) is 25.7. The molecule has 0 fully saturated rings. The second-order valence-corrected chi connectivity index (χ2v) is 6.68. The highest BCUT2D eigenvalue weighted by molar-refractivity contribution is 5.95. The van der Waals surface area contributed by atoms with Crippen LogP contribution in [0.1, 0.15) is 16.2 Å². The standard InChI is InChI=1S/C23H18N4O/c28-23(24-15-22-25-19-9-2-3-10-20(19)26-22)17-7-5-8-18(14-17)27-13-12-16-6-1-4-11-21(16)27/h1-14H,15H2,(H,24,28)(H,25,26). The molecule has 0 atom stereocenters. The number of benzene rings is 3. The molecule has 0 aliphatic heterocycles. The summed E-state index contributed by atoms with van der Waals surface area (Å²) >= 11 is 0. The first-order chi connectivity index (χ1) is 13.8. The maximum Gasteiger partial charge on any atom is 0.251 e. The third-order valence-electron chi connectivity index (χ3n) is 4.84. The Morgan fingerprint density at radius 2 is 1.82 bits per heavy atom. The highest BCUT2D eigenvalue weighted by Crippen LogP contribution is 2.21. The number of fused-ring (bicyclic) bond motifs is 2. The summed E-state index contributed by atoms with van der Waals surface area (Å²) in [4.78, 5) is 20.4. The average Bonchev–Trinajstić information content (AvgIpc) is 3.36. The monoisotopic (exact) mass is 366 g/mol. The Morgan fingerprint density at radius 1 is 0.964 bits per heavy atom. The minimum Gasteiger partial charge on any atom is -0.345 e. The van der Waals surface area contributed by atoms with Crippen LogP contribution in [0.2, 0.25) is 0 Å². The van der Waals surface area contributed by atoms with Gasteiger partial charge in [0, 0.05) is 17.4 Å². The fraction of sp³-hybridized carbons (Fsp3) is 0.0435. The number of imidazole rings is 1.